The summed E-state index contributed by atoms with van der Waals surface area (Å²) in [5.74, 6) is -0.134. The molecule has 0 bridgehead atoms. The number of hydrogen-bond donors (Lipinski definition) is 1. The smallest absolute Gasteiger partial charge is 0.346 e. The first kappa shape index (κ1) is 13.3. The van der Waals surface area contributed by atoms with Crippen molar-refractivity contribution in [2.24, 2.45) is 0 Å². The fourth-order valence-corrected chi connectivity index (χ4v) is 1.96. The molecule has 0 spiro atoms. The summed E-state index contributed by atoms with van der Waals surface area (Å²) in [6.45, 7) is 2.12. The van der Waals surface area contributed by atoms with E-state index in [1.807, 2.05) is 24.3 Å². The van der Waals surface area contributed by atoms with Crippen LogP contribution in [0.3, 0.4) is 0 Å². The van der Waals surface area contributed by atoms with Gasteiger partial charge in [-0.05, 0) is 35.9 Å². The van der Waals surface area contributed by atoms with Crippen LogP contribution in [0.2, 0.25) is 0 Å². The molecule has 1 aromatic rings. The van der Waals surface area contributed by atoms with Crippen LogP contribution < -0.4 is 0 Å². The Bertz CT molecular complexity index is 457. The number of carboxylic acids is 1. The summed E-state index contributed by atoms with van der Waals surface area (Å²) in [6.07, 6.45) is 2.49. The summed E-state index contributed by atoms with van der Waals surface area (Å²) in [6, 6.07) is 9.16. The lowest BCUT2D eigenvalue weighted by Crippen LogP contribution is -1.97. The standard InChI is InChI=1S/C13H13NO2S/c1-2-7-17-12-5-3-10(4-6-12)8-11(9-14)13(15)16/h3-6,8H,2,7H2,1H3,(H,15,16)/b11-8+. The zero-order valence-electron chi connectivity index (χ0n) is 9.51. The van der Waals surface area contributed by atoms with Gasteiger partial charge in [0.25, 0.3) is 0 Å². The van der Waals surface area contributed by atoms with Crippen molar-refractivity contribution in [2.45, 2.75) is 18.2 Å². The van der Waals surface area contributed by atoms with Crippen LogP contribution in [0, 0.1) is 11.3 Å². The summed E-state index contributed by atoms with van der Waals surface area (Å²) in [7, 11) is 0. The highest BCUT2D eigenvalue weighted by Gasteiger charge is 2.05. The molecule has 0 saturated carbocycles. The number of nitriles is 1. The van der Waals surface area contributed by atoms with Crippen LogP contribution in [0.25, 0.3) is 6.08 Å². The predicted molar refractivity (Wildman–Crippen MR) is 68.7 cm³/mol. The molecule has 4 heteroatoms. The number of rotatable bonds is 5. The molecule has 1 aromatic carbocycles. The quantitative estimate of drug-likeness (QED) is 0.493. The second-order valence-electron chi connectivity index (χ2n) is 3.39. The van der Waals surface area contributed by atoms with Crippen LogP contribution in [0.15, 0.2) is 34.7 Å². The van der Waals surface area contributed by atoms with Gasteiger partial charge in [0.05, 0.1) is 0 Å². The van der Waals surface area contributed by atoms with Gasteiger partial charge in [0, 0.05) is 4.90 Å². The van der Waals surface area contributed by atoms with Crippen LogP contribution in [-0.4, -0.2) is 16.8 Å². The maximum absolute atomic E-state index is 10.6. The van der Waals surface area contributed by atoms with Crippen LogP contribution in [0.5, 0.6) is 0 Å². The van der Waals surface area contributed by atoms with E-state index in [-0.39, 0.29) is 5.57 Å². The topological polar surface area (TPSA) is 61.1 Å². The molecule has 0 aliphatic rings. The Hall–Kier alpha value is -1.73. The summed E-state index contributed by atoms with van der Waals surface area (Å²) < 4.78 is 0. The van der Waals surface area contributed by atoms with Crippen LogP contribution in [-0.2, 0) is 4.79 Å². The van der Waals surface area contributed by atoms with Crippen molar-refractivity contribution >= 4 is 23.8 Å². The first-order chi connectivity index (χ1) is 8.17. The number of hydrogen-bond acceptors (Lipinski definition) is 3. The molecule has 0 amide bonds. The largest absolute Gasteiger partial charge is 0.477 e. The van der Waals surface area contributed by atoms with Crippen LogP contribution >= 0.6 is 11.8 Å². The molecule has 0 heterocycles. The molecule has 0 unspecified atom stereocenters. The van der Waals surface area contributed by atoms with Crippen molar-refractivity contribution in [3.05, 3.63) is 35.4 Å². The van der Waals surface area contributed by atoms with Gasteiger partial charge < -0.3 is 5.11 Å². The van der Waals surface area contributed by atoms with Crippen molar-refractivity contribution in [3.8, 4) is 6.07 Å². The Balaban J connectivity index is 2.81. The average Bonchev–Trinajstić information content (AvgIpc) is 2.34. The van der Waals surface area contributed by atoms with Crippen molar-refractivity contribution < 1.29 is 9.90 Å². The lowest BCUT2D eigenvalue weighted by atomic mass is 10.1. The Morgan fingerprint density at radius 2 is 2.12 bits per heavy atom. The zero-order valence-corrected chi connectivity index (χ0v) is 10.3. The molecule has 1 rings (SSSR count). The Morgan fingerprint density at radius 3 is 2.59 bits per heavy atom. The zero-order chi connectivity index (χ0) is 12.7. The van der Waals surface area contributed by atoms with Gasteiger partial charge in [-0.2, -0.15) is 5.26 Å². The van der Waals surface area contributed by atoms with E-state index in [0.29, 0.717) is 0 Å². The van der Waals surface area contributed by atoms with Crippen molar-refractivity contribution in [3.63, 3.8) is 0 Å². The van der Waals surface area contributed by atoms with E-state index >= 15 is 0 Å². The van der Waals surface area contributed by atoms with E-state index in [1.165, 1.54) is 6.08 Å². The fourth-order valence-electron chi connectivity index (χ4n) is 1.19. The molecule has 0 aliphatic carbocycles. The van der Waals surface area contributed by atoms with Gasteiger partial charge in [-0.1, -0.05) is 19.1 Å². The molecule has 0 atom stereocenters. The van der Waals surface area contributed by atoms with E-state index in [4.69, 9.17) is 10.4 Å². The first-order valence-corrected chi connectivity index (χ1v) is 6.24. The number of nitrogens with zero attached hydrogens (tertiary/aromatic N) is 1. The lowest BCUT2D eigenvalue weighted by Gasteiger charge is -2.00. The second kappa shape index (κ2) is 6.77. The SMILES string of the molecule is CCCSc1ccc(/C=C(\C#N)C(=O)O)cc1. The highest BCUT2D eigenvalue weighted by Crippen LogP contribution is 2.19. The Morgan fingerprint density at radius 1 is 1.47 bits per heavy atom. The van der Waals surface area contributed by atoms with Gasteiger partial charge in [0.15, 0.2) is 0 Å². The highest BCUT2D eigenvalue weighted by atomic mass is 32.2. The highest BCUT2D eigenvalue weighted by molar-refractivity contribution is 7.99. The third-order valence-electron chi connectivity index (χ3n) is 2.01. The molecule has 0 fully saturated rings. The summed E-state index contributed by atoms with van der Waals surface area (Å²) in [4.78, 5) is 11.8. The first-order valence-electron chi connectivity index (χ1n) is 5.25. The van der Waals surface area contributed by atoms with Gasteiger partial charge in [0.1, 0.15) is 11.6 Å². The van der Waals surface area contributed by atoms with E-state index < -0.39 is 5.97 Å². The van der Waals surface area contributed by atoms with Gasteiger partial charge in [-0.3, -0.25) is 0 Å². The van der Waals surface area contributed by atoms with Gasteiger partial charge in [-0.15, -0.1) is 11.8 Å². The molecule has 3 nitrogen and oxygen atoms in total. The minimum Gasteiger partial charge on any atom is -0.477 e. The van der Waals surface area contributed by atoms with Crippen LogP contribution in [0.4, 0.5) is 0 Å². The molecule has 0 aromatic heterocycles. The fraction of sp³-hybridized carbons (Fsp3) is 0.231. The maximum Gasteiger partial charge on any atom is 0.346 e. The third-order valence-corrected chi connectivity index (χ3v) is 3.23. The molecular weight excluding hydrogens is 234 g/mol. The van der Waals surface area contributed by atoms with Gasteiger partial charge in [0.2, 0.25) is 0 Å². The second-order valence-corrected chi connectivity index (χ2v) is 4.56. The predicted octanol–water partition coefficient (Wildman–Crippen LogP) is 3.18. The number of thioether (sulfide) groups is 1. The van der Waals surface area contributed by atoms with Crippen LogP contribution in [0.1, 0.15) is 18.9 Å². The van der Waals surface area contributed by atoms with E-state index in [2.05, 4.69) is 6.92 Å². The molecule has 1 N–H and O–H groups in total. The molecule has 0 radical (unpaired) electrons. The monoisotopic (exact) mass is 247 g/mol. The molecule has 17 heavy (non-hydrogen) atoms. The number of benzene rings is 1. The summed E-state index contributed by atoms with van der Waals surface area (Å²) >= 11 is 1.76. The molecule has 88 valence electrons. The number of carboxylic acid groups (broad SMARTS) is 1. The van der Waals surface area contributed by atoms with E-state index in [0.717, 1.165) is 22.6 Å². The minimum absolute atomic E-state index is 0.251. The normalized spacial score (nSPS) is 10.9. The minimum atomic E-state index is -1.20. The van der Waals surface area contributed by atoms with E-state index in [9.17, 15) is 4.79 Å². The van der Waals surface area contributed by atoms with Gasteiger partial charge in [-0.25, -0.2) is 4.79 Å². The third kappa shape index (κ3) is 4.33. The molecule has 0 aliphatic heterocycles. The van der Waals surface area contributed by atoms with E-state index in [1.54, 1.807) is 17.8 Å². The molecule has 0 saturated heterocycles. The van der Waals surface area contributed by atoms with Crippen molar-refractivity contribution in [1.29, 1.82) is 5.26 Å². The Kier molecular flexibility index (Phi) is 5.31. The maximum atomic E-state index is 10.6. The summed E-state index contributed by atoms with van der Waals surface area (Å²) in [5.41, 5.74) is 0.476. The van der Waals surface area contributed by atoms with Crippen molar-refractivity contribution in [2.75, 3.05) is 5.75 Å². The lowest BCUT2D eigenvalue weighted by molar-refractivity contribution is -0.132. The number of carbonyl (C=O) groups is 1. The molecular formula is C13H13NO2S. The van der Waals surface area contributed by atoms with Gasteiger partial charge >= 0.3 is 5.97 Å². The average molecular weight is 247 g/mol. The summed E-state index contributed by atoms with van der Waals surface area (Å²) in [5, 5.41) is 17.3. The number of aliphatic carboxylic acids is 1. The Labute approximate surface area is 105 Å². The van der Waals surface area contributed by atoms with Crippen molar-refractivity contribution in [1.82, 2.24) is 0 Å².